The van der Waals surface area contributed by atoms with Crippen molar-refractivity contribution in [3.63, 3.8) is 0 Å². The second-order valence-electron chi connectivity index (χ2n) is 5.05. The number of methoxy groups -OCH3 is 1. The van der Waals surface area contributed by atoms with Crippen LogP contribution < -0.4 is 10.3 Å². The second-order valence-corrected chi connectivity index (χ2v) is 5.05. The van der Waals surface area contributed by atoms with E-state index in [2.05, 4.69) is 5.10 Å². The van der Waals surface area contributed by atoms with Gasteiger partial charge in [-0.2, -0.15) is 9.78 Å². The molecule has 1 aliphatic rings. The number of carbonyl (C=O) groups is 1. The molecule has 0 aliphatic carbocycles. The maximum Gasteiger partial charge on any atom is 0.278 e. The van der Waals surface area contributed by atoms with Crippen LogP contribution in [0.2, 0.25) is 0 Å². The van der Waals surface area contributed by atoms with Gasteiger partial charge in [-0.3, -0.25) is 9.59 Å². The third-order valence-corrected chi connectivity index (χ3v) is 3.62. The monoisotopic (exact) mass is 315 g/mol. The highest BCUT2D eigenvalue weighted by molar-refractivity contribution is 5.94. The Balaban J connectivity index is 2.04. The number of morpholine rings is 1. The molecule has 120 valence electrons. The van der Waals surface area contributed by atoms with Gasteiger partial charge in [-0.1, -0.05) is 18.2 Å². The van der Waals surface area contributed by atoms with E-state index >= 15 is 0 Å². The Kier molecular flexibility index (Phi) is 4.38. The lowest BCUT2D eigenvalue weighted by molar-refractivity contribution is 0.0295. The fraction of sp³-hybridized carbons (Fsp3) is 0.312. The molecule has 0 bridgehead atoms. The Morgan fingerprint density at radius 1 is 1.22 bits per heavy atom. The van der Waals surface area contributed by atoms with Crippen molar-refractivity contribution in [2.24, 2.45) is 0 Å². The molecule has 3 rings (SSSR count). The van der Waals surface area contributed by atoms with Crippen molar-refractivity contribution in [3.05, 3.63) is 52.4 Å². The summed E-state index contributed by atoms with van der Waals surface area (Å²) >= 11 is 0. The zero-order valence-electron chi connectivity index (χ0n) is 12.8. The normalized spacial score (nSPS) is 14.6. The maximum atomic E-state index is 12.7. The zero-order chi connectivity index (χ0) is 16.2. The number of hydrogen-bond acceptors (Lipinski definition) is 5. The summed E-state index contributed by atoms with van der Waals surface area (Å²) in [7, 11) is 1.42. The number of aromatic nitrogens is 2. The summed E-state index contributed by atoms with van der Waals surface area (Å²) in [6, 6.07) is 10.2. The van der Waals surface area contributed by atoms with Crippen LogP contribution in [0.3, 0.4) is 0 Å². The maximum absolute atomic E-state index is 12.7. The summed E-state index contributed by atoms with van der Waals surface area (Å²) in [6.45, 7) is 1.97. The molecular formula is C16H17N3O4. The molecule has 0 radical (unpaired) electrons. The molecule has 23 heavy (non-hydrogen) atoms. The molecule has 7 heteroatoms. The van der Waals surface area contributed by atoms with Gasteiger partial charge in [0.05, 0.1) is 32.1 Å². The van der Waals surface area contributed by atoms with Crippen LogP contribution in [0.5, 0.6) is 5.75 Å². The lowest BCUT2D eigenvalue weighted by Gasteiger charge is -2.27. The molecule has 1 fully saturated rings. The molecule has 2 heterocycles. The standard InChI is InChI=1S/C16H17N3O4/c1-22-13-11-14(20)19(12-5-3-2-4-6-12)17-15(13)16(21)18-7-9-23-10-8-18/h2-6,11H,7-10H2,1H3. The minimum absolute atomic E-state index is 0.123. The first kappa shape index (κ1) is 15.2. The number of ether oxygens (including phenoxy) is 2. The van der Waals surface area contributed by atoms with Crippen LogP contribution in [-0.4, -0.2) is 54.0 Å². The SMILES string of the molecule is COc1cc(=O)n(-c2ccccc2)nc1C(=O)N1CCOCC1. The van der Waals surface area contributed by atoms with E-state index in [1.165, 1.54) is 17.9 Å². The first-order valence-electron chi connectivity index (χ1n) is 7.31. The van der Waals surface area contributed by atoms with Gasteiger partial charge in [0.25, 0.3) is 11.5 Å². The van der Waals surface area contributed by atoms with Crippen molar-refractivity contribution in [3.8, 4) is 11.4 Å². The van der Waals surface area contributed by atoms with Crippen LogP contribution >= 0.6 is 0 Å². The Morgan fingerprint density at radius 3 is 2.57 bits per heavy atom. The number of hydrogen-bond donors (Lipinski definition) is 0. The molecule has 1 amide bonds. The molecule has 1 aromatic heterocycles. The molecule has 7 nitrogen and oxygen atoms in total. The van der Waals surface area contributed by atoms with Crippen molar-refractivity contribution in [2.75, 3.05) is 33.4 Å². The smallest absolute Gasteiger partial charge is 0.278 e. The molecule has 0 unspecified atom stereocenters. The fourth-order valence-corrected chi connectivity index (χ4v) is 2.41. The average molecular weight is 315 g/mol. The molecule has 1 aromatic carbocycles. The summed E-state index contributed by atoms with van der Waals surface area (Å²) in [5, 5.41) is 4.24. The van der Waals surface area contributed by atoms with Crippen LogP contribution in [0.4, 0.5) is 0 Å². The summed E-state index contributed by atoms with van der Waals surface area (Å²) in [5.41, 5.74) is 0.362. The third kappa shape index (κ3) is 3.09. The van der Waals surface area contributed by atoms with Crippen molar-refractivity contribution >= 4 is 5.91 Å². The minimum Gasteiger partial charge on any atom is -0.494 e. The second kappa shape index (κ2) is 6.62. The first-order chi connectivity index (χ1) is 11.2. The highest BCUT2D eigenvalue weighted by Gasteiger charge is 2.24. The van der Waals surface area contributed by atoms with Gasteiger partial charge in [0, 0.05) is 13.1 Å². The van der Waals surface area contributed by atoms with Crippen LogP contribution in [-0.2, 0) is 4.74 Å². The Morgan fingerprint density at radius 2 is 1.91 bits per heavy atom. The third-order valence-electron chi connectivity index (χ3n) is 3.62. The predicted octanol–water partition coefficient (Wildman–Crippen LogP) is 0.714. The lowest BCUT2D eigenvalue weighted by Crippen LogP contribution is -2.41. The molecule has 1 saturated heterocycles. The quantitative estimate of drug-likeness (QED) is 0.834. The van der Waals surface area contributed by atoms with Crippen molar-refractivity contribution in [1.82, 2.24) is 14.7 Å². The van der Waals surface area contributed by atoms with Crippen LogP contribution in [0.15, 0.2) is 41.2 Å². The average Bonchev–Trinajstić information content (AvgIpc) is 2.62. The number of nitrogens with zero attached hydrogens (tertiary/aromatic N) is 3. The lowest BCUT2D eigenvalue weighted by atomic mass is 10.2. The summed E-state index contributed by atoms with van der Waals surface area (Å²) in [4.78, 5) is 26.6. The van der Waals surface area contributed by atoms with Crippen LogP contribution in [0.25, 0.3) is 5.69 Å². The molecule has 0 N–H and O–H groups in total. The van der Waals surface area contributed by atoms with Crippen molar-refractivity contribution < 1.29 is 14.3 Å². The topological polar surface area (TPSA) is 73.7 Å². The highest BCUT2D eigenvalue weighted by Crippen LogP contribution is 2.17. The van der Waals surface area contributed by atoms with Gasteiger partial charge in [-0.05, 0) is 12.1 Å². The van der Waals surface area contributed by atoms with E-state index in [-0.39, 0.29) is 22.9 Å². The van der Waals surface area contributed by atoms with E-state index in [0.717, 1.165) is 0 Å². The highest BCUT2D eigenvalue weighted by atomic mass is 16.5. The van der Waals surface area contributed by atoms with Gasteiger partial charge in [0.1, 0.15) is 0 Å². The Labute approximate surface area is 133 Å². The number of carbonyl (C=O) groups excluding carboxylic acids is 1. The van der Waals surface area contributed by atoms with Gasteiger partial charge < -0.3 is 14.4 Å². The Bertz CT molecular complexity index is 752. The van der Waals surface area contributed by atoms with Crippen LogP contribution in [0.1, 0.15) is 10.5 Å². The molecule has 0 spiro atoms. The molecule has 2 aromatic rings. The summed E-state index contributed by atoms with van der Waals surface area (Å²) in [6.07, 6.45) is 0. The summed E-state index contributed by atoms with van der Waals surface area (Å²) in [5.74, 6) is -0.0893. The van der Waals surface area contributed by atoms with Gasteiger partial charge in [-0.15, -0.1) is 0 Å². The largest absolute Gasteiger partial charge is 0.494 e. The number of para-hydroxylation sites is 1. The van der Waals surface area contributed by atoms with Crippen LogP contribution in [0, 0.1) is 0 Å². The van der Waals surface area contributed by atoms with E-state index in [1.54, 1.807) is 29.2 Å². The molecule has 0 atom stereocenters. The van der Waals surface area contributed by atoms with Gasteiger partial charge >= 0.3 is 0 Å². The number of amides is 1. The van der Waals surface area contributed by atoms with Gasteiger partial charge in [0.2, 0.25) is 0 Å². The first-order valence-corrected chi connectivity index (χ1v) is 7.31. The van der Waals surface area contributed by atoms with Crippen molar-refractivity contribution in [1.29, 1.82) is 0 Å². The number of rotatable bonds is 3. The van der Waals surface area contributed by atoms with Crippen molar-refractivity contribution in [2.45, 2.75) is 0 Å². The van der Waals surface area contributed by atoms with Gasteiger partial charge in [-0.25, -0.2) is 0 Å². The number of benzene rings is 1. The van der Waals surface area contributed by atoms with E-state index in [9.17, 15) is 9.59 Å². The fourth-order valence-electron chi connectivity index (χ4n) is 2.41. The molecule has 1 aliphatic heterocycles. The zero-order valence-corrected chi connectivity index (χ0v) is 12.8. The Hall–Kier alpha value is -2.67. The van der Waals surface area contributed by atoms with E-state index in [1.807, 2.05) is 6.07 Å². The van der Waals surface area contributed by atoms with E-state index in [4.69, 9.17) is 9.47 Å². The molecule has 0 saturated carbocycles. The predicted molar refractivity (Wildman–Crippen MR) is 83.1 cm³/mol. The molecular weight excluding hydrogens is 298 g/mol. The van der Waals surface area contributed by atoms with Gasteiger partial charge in [0.15, 0.2) is 11.4 Å². The van der Waals surface area contributed by atoms with E-state index in [0.29, 0.717) is 32.0 Å². The summed E-state index contributed by atoms with van der Waals surface area (Å²) < 4.78 is 11.6. The minimum atomic E-state index is -0.355. The van der Waals surface area contributed by atoms with E-state index < -0.39 is 0 Å².